The van der Waals surface area contributed by atoms with Crippen molar-refractivity contribution in [3.05, 3.63) is 105 Å². The Morgan fingerprint density at radius 3 is 2.72 bits per heavy atom. The van der Waals surface area contributed by atoms with Gasteiger partial charge in [-0.3, -0.25) is 9.36 Å². The van der Waals surface area contributed by atoms with E-state index in [1.807, 2.05) is 42.5 Å². The van der Waals surface area contributed by atoms with Crippen molar-refractivity contribution in [1.82, 2.24) is 14.5 Å². The summed E-state index contributed by atoms with van der Waals surface area (Å²) < 4.78 is 2.85. The normalized spacial score (nSPS) is 12.5. The smallest absolute Gasteiger partial charge is 0.265 e. The molecule has 0 bridgehead atoms. The number of hydrogen-bond acceptors (Lipinski definition) is 2. The number of halogens is 1. The van der Waals surface area contributed by atoms with Gasteiger partial charge in [0, 0.05) is 28.0 Å². The summed E-state index contributed by atoms with van der Waals surface area (Å²) in [6.45, 7) is 4.32. The van der Waals surface area contributed by atoms with E-state index in [1.165, 1.54) is 16.5 Å². The van der Waals surface area contributed by atoms with Crippen molar-refractivity contribution in [3.8, 4) is 5.69 Å². The molecule has 0 aliphatic carbocycles. The second-order valence-corrected chi connectivity index (χ2v) is 9.16. The highest BCUT2D eigenvalue weighted by Gasteiger charge is 2.18. The van der Waals surface area contributed by atoms with Crippen LogP contribution < -0.4 is 5.56 Å². The lowest BCUT2D eigenvalue weighted by Gasteiger charge is -2.17. The fourth-order valence-corrected chi connectivity index (χ4v) is 4.76. The number of nitrogens with one attached hydrogen (secondary N) is 1. The van der Waals surface area contributed by atoms with Crippen molar-refractivity contribution in [3.63, 3.8) is 0 Å². The van der Waals surface area contributed by atoms with Crippen LogP contribution in [0.2, 0.25) is 0 Å². The van der Waals surface area contributed by atoms with Crippen molar-refractivity contribution in [2.45, 2.75) is 32.6 Å². The maximum Gasteiger partial charge on any atom is 0.265 e. The van der Waals surface area contributed by atoms with Crippen LogP contribution in [0.4, 0.5) is 0 Å². The van der Waals surface area contributed by atoms with E-state index < -0.39 is 0 Å². The van der Waals surface area contributed by atoms with E-state index in [0.29, 0.717) is 11.8 Å². The van der Waals surface area contributed by atoms with E-state index in [9.17, 15) is 4.79 Å². The van der Waals surface area contributed by atoms with Crippen molar-refractivity contribution in [1.29, 1.82) is 0 Å². The van der Waals surface area contributed by atoms with Crippen LogP contribution in [0.5, 0.6) is 0 Å². The first-order chi connectivity index (χ1) is 15.5. The van der Waals surface area contributed by atoms with E-state index in [0.717, 1.165) is 33.4 Å². The first-order valence-electron chi connectivity index (χ1n) is 10.9. The number of hydrogen-bond donors (Lipinski definition) is 1. The molecule has 160 valence electrons. The maximum atomic E-state index is 13.6. The minimum atomic E-state index is -0.0206. The molecule has 2 aromatic heterocycles. The Kier molecular flexibility index (Phi) is 5.43. The molecule has 0 spiro atoms. The summed E-state index contributed by atoms with van der Waals surface area (Å²) in [7, 11) is 0. The van der Waals surface area contributed by atoms with E-state index >= 15 is 0 Å². The van der Waals surface area contributed by atoms with Gasteiger partial charge in [0.05, 0.1) is 16.6 Å². The van der Waals surface area contributed by atoms with Crippen LogP contribution in [-0.4, -0.2) is 14.5 Å². The van der Waals surface area contributed by atoms with Crippen molar-refractivity contribution >= 4 is 37.7 Å². The molecule has 0 radical (unpaired) electrons. The number of aryl methyl sites for hydroxylation is 1. The predicted octanol–water partition coefficient (Wildman–Crippen LogP) is 6.54. The third-order valence-electron chi connectivity index (χ3n) is 6.12. The number of benzene rings is 3. The van der Waals surface area contributed by atoms with Crippen LogP contribution in [0.3, 0.4) is 0 Å². The van der Waals surface area contributed by atoms with E-state index in [4.69, 9.17) is 4.98 Å². The molecule has 2 heterocycles. The van der Waals surface area contributed by atoms with Crippen LogP contribution >= 0.6 is 15.9 Å². The van der Waals surface area contributed by atoms with Crippen molar-refractivity contribution in [2.75, 3.05) is 0 Å². The van der Waals surface area contributed by atoms with Crippen LogP contribution in [0.25, 0.3) is 27.5 Å². The zero-order valence-corrected chi connectivity index (χ0v) is 19.7. The Hall–Kier alpha value is -3.18. The first-order valence-corrected chi connectivity index (χ1v) is 11.7. The summed E-state index contributed by atoms with van der Waals surface area (Å²) in [6.07, 6.45) is 3.64. The molecular formula is C27H24BrN3O. The second-order valence-electron chi connectivity index (χ2n) is 8.25. The lowest BCUT2D eigenvalue weighted by molar-refractivity contribution is 0.693. The molecule has 0 saturated carbocycles. The monoisotopic (exact) mass is 485 g/mol. The zero-order valence-electron chi connectivity index (χ0n) is 18.1. The van der Waals surface area contributed by atoms with Gasteiger partial charge in [0.15, 0.2) is 0 Å². The standard InChI is InChI=1S/C27H24BrN3O/c1-3-18-7-6-8-20(14-18)31-26(30-25-10-5-4-9-21(25)27(31)32)13-17(2)23-16-29-24-12-11-19(28)15-22(23)24/h4-12,14-17,29H,3,13H2,1-2H3. The molecule has 5 heteroatoms. The molecule has 0 amide bonds. The molecular weight excluding hydrogens is 462 g/mol. The average molecular weight is 486 g/mol. The fraction of sp³-hybridized carbons (Fsp3) is 0.185. The number of H-pyrrole nitrogens is 1. The van der Waals surface area contributed by atoms with Gasteiger partial charge in [-0.15, -0.1) is 0 Å². The van der Waals surface area contributed by atoms with Crippen molar-refractivity contribution < 1.29 is 0 Å². The number of aromatic nitrogens is 3. The molecule has 3 aromatic carbocycles. The van der Waals surface area contributed by atoms with E-state index in [-0.39, 0.29) is 11.5 Å². The molecule has 1 unspecified atom stereocenters. The number of para-hydroxylation sites is 1. The molecule has 5 aromatic rings. The predicted molar refractivity (Wildman–Crippen MR) is 135 cm³/mol. The molecule has 0 fully saturated rings. The quantitative estimate of drug-likeness (QED) is 0.307. The third kappa shape index (κ3) is 3.67. The third-order valence-corrected chi connectivity index (χ3v) is 6.61. The van der Waals surface area contributed by atoms with E-state index in [2.05, 4.69) is 65.2 Å². The molecule has 5 rings (SSSR count). The molecule has 1 N–H and O–H groups in total. The Morgan fingerprint density at radius 1 is 1.03 bits per heavy atom. The SMILES string of the molecule is CCc1cccc(-n2c(CC(C)c3c[nH]c4ccc(Br)cc34)nc3ccccc3c2=O)c1. The van der Waals surface area contributed by atoms with Crippen LogP contribution in [0.15, 0.2) is 82.2 Å². The summed E-state index contributed by atoms with van der Waals surface area (Å²) >= 11 is 3.59. The van der Waals surface area contributed by atoms with Gasteiger partial charge >= 0.3 is 0 Å². The highest BCUT2D eigenvalue weighted by Crippen LogP contribution is 2.30. The number of nitrogens with zero attached hydrogens (tertiary/aromatic N) is 2. The van der Waals surface area contributed by atoms with Crippen LogP contribution in [0, 0.1) is 0 Å². The Labute approximate surface area is 195 Å². The van der Waals surface area contributed by atoms with Gasteiger partial charge in [-0.2, -0.15) is 0 Å². The molecule has 0 aliphatic heterocycles. The zero-order chi connectivity index (χ0) is 22.2. The fourth-order valence-electron chi connectivity index (χ4n) is 4.40. The Morgan fingerprint density at radius 2 is 1.88 bits per heavy atom. The van der Waals surface area contributed by atoms with Crippen molar-refractivity contribution in [2.24, 2.45) is 0 Å². The highest BCUT2D eigenvalue weighted by molar-refractivity contribution is 9.10. The summed E-state index contributed by atoms with van der Waals surface area (Å²) in [6, 6.07) is 22.1. The van der Waals surface area contributed by atoms with Crippen LogP contribution in [-0.2, 0) is 12.8 Å². The van der Waals surface area contributed by atoms with Gasteiger partial charge in [-0.05, 0) is 65.9 Å². The lowest BCUT2D eigenvalue weighted by Crippen LogP contribution is -2.25. The van der Waals surface area contributed by atoms with E-state index in [1.54, 1.807) is 4.57 Å². The number of fused-ring (bicyclic) bond motifs is 2. The summed E-state index contributed by atoms with van der Waals surface area (Å²) in [5.74, 6) is 0.950. The highest BCUT2D eigenvalue weighted by atomic mass is 79.9. The van der Waals surface area contributed by atoms with Gasteiger partial charge in [0.2, 0.25) is 0 Å². The minimum Gasteiger partial charge on any atom is -0.361 e. The molecule has 1 atom stereocenters. The van der Waals surface area contributed by atoms with Gasteiger partial charge in [-0.1, -0.05) is 54.0 Å². The number of aromatic amines is 1. The van der Waals surface area contributed by atoms with Gasteiger partial charge < -0.3 is 4.98 Å². The first kappa shape index (κ1) is 20.7. The average Bonchev–Trinajstić information content (AvgIpc) is 3.22. The lowest BCUT2D eigenvalue weighted by atomic mass is 9.96. The molecule has 4 nitrogen and oxygen atoms in total. The largest absolute Gasteiger partial charge is 0.361 e. The second kappa shape index (κ2) is 8.40. The van der Waals surface area contributed by atoms with Gasteiger partial charge in [-0.25, -0.2) is 4.98 Å². The van der Waals surface area contributed by atoms with Gasteiger partial charge in [0.1, 0.15) is 5.82 Å². The van der Waals surface area contributed by atoms with Gasteiger partial charge in [0.25, 0.3) is 5.56 Å². The Bertz CT molecular complexity index is 1500. The van der Waals surface area contributed by atoms with Crippen LogP contribution in [0.1, 0.15) is 36.7 Å². The maximum absolute atomic E-state index is 13.6. The summed E-state index contributed by atoms with van der Waals surface area (Å²) in [4.78, 5) is 21.9. The topological polar surface area (TPSA) is 50.7 Å². The molecule has 0 saturated heterocycles. The molecule has 32 heavy (non-hydrogen) atoms. The molecule has 0 aliphatic rings. The summed E-state index contributed by atoms with van der Waals surface area (Å²) in [5, 5.41) is 1.83. The minimum absolute atomic E-state index is 0.0206. The Balaban J connectivity index is 1.67. The summed E-state index contributed by atoms with van der Waals surface area (Å²) in [5.41, 5.74) is 5.11. The number of rotatable bonds is 5.